The quantitative estimate of drug-likeness (QED) is 0.691. The summed E-state index contributed by atoms with van der Waals surface area (Å²) in [5.74, 6) is -1.26. The van der Waals surface area contributed by atoms with Gasteiger partial charge in [0.25, 0.3) is 0 Å². The van der Waals surface area contributed by atoms with Crippen LogP contribution < -0.4 is 5.32 Å². The van der Waals surface area contributed by atoms with E-state index in [1.54, 1.807) is 6.92 Å². The summed E-state index contributed by atoms with van der Waals surface area (Å²) in [7, 11) is 0. The van der Waals surface area contributed by atoms with Crippen molar-refractivity contribution in [1.29, 1.82) is 0 Å². The van der Waals surface area contributed by atoms with Gasteiger partial charge in [-0.05, 0) is 19.8 Å². The number of nitrogens with zero attached hydrogens (tertiary/aromatic N) is 1. The number of hydrogen-bond donors (Lipinski definition) is 2. The van der Waals surface area contributed by atoms with Gasteiger partial charge in [-0.15, -0.1) is 0 Å². The summed E-state index contributed by atoms with van der Waals surface area (Å²) in [6, 6.07) is -0.988. The Morgan fingerprint density at radius 1 is 1.47 bits per heavy atom. The summed E-state index contributed by atoms with van der Waals surface area (Å²) in [4.78, 5) is 35.7. The van der Waals surface area contributed by atoms with Crippen molar-refractivity contribution in [3.8, 4) is 0 Å². The molecule has 6 heteroatoms. The molecular formula is C11H16N2O4. The zero-order valence-corrected chi connectivity index (χ0v) is 9.73. The Hall–Kier alpha value is -1.59. The topological polar surface area (TPSA) is 86.7 Å². The van der Waals surface area contributed by atoms with Crippen LogP contribution in [0.2, 0.25) is 0 Å². The van der Waals surface area contributed by atoms with Gasteiger partial charge in [-0.25, -0.2) is 4.79 Å². The molecule has 2 N–H and O–H groups in total. The van der Waals surface area contributed by atoms with Gasteiger partial charge >= 0.3 is 12.0 Å². The van der Waals surface area contributed by atoms with E-state index in [1.165, 1.54) is 0 Å². The number of hydrogen-bond acceptors (Lipinski definition) is 3. The standard InChI is InChI=1S/C11H16N2O4/c1-11(9(15)16)5-3-2-4-7(11)13-8(14)6-12-10(13)17/h7H,2-6H2,1H3,(H,12,17)(H,15,16). The van der Waals surface area contributed by atoms with E-state index in [0.29, 0.717) is 12.8 Å². The van der Waals surface area contributed by atoms with E-state index in [0.717, 1.165) is 17.7 Å². The first-order chi connectivity index (χ1) is 7.97. The predicted octanol–water partition coefficient (Wildman–Crippen LogP) is 0.572. The Bertz CT molecular complexity index is 366. The first kappa shape index (κ1) is 11.9. The molecule has 2 atom stereocenters. The molecule has 6 nitrogen and oxygen atoms in total. The smallest absolute Gasteiger partial charge is 0.324 e. The molecule has 0 spiro atoms. The molecular weight excluding hydrogens is 224 g/mol. The van der Waals surface area contributed by atoms with Crippen molar-refractivity contribution in [1.82, 2.24) is 10.2 Å². The van der Waals surface area contributed by atoms with Gasteiger partial charge in [-0.1, -0.05) is 12.8 Å². The molecule has 0 aromatic rings. The average Bonchev–Trinajstić information content (AvgIpc) is 2.60. The summed E-state index contributed by atoms with van der Waals surface area (Å²) >= 11 is 0. The SMILES string of the molecule is CC1(C(=O)O)CCCCC1N1C(=O)CNC1=O. The van der Waals surface area contributed by atoms with Crippen molar-refractivity contribution in [3.05, 3.63) is 0 Å². The number of amides is 3. The Morgan fingerprint density at radius 3 is 2.71 bits per heavy atom. The maximum Gasteiger partial charge on any atom is 0.324 e. The second-order valence-corrected chi connectivity index (χ2v) is 4.91. The van der Waals surface area contributed by atoms with Gasteiger partial charge in [0, 0.05) is 0 Å². The van der Waals surface area contributed by atoms with Crippen LogP contribution in [0.1, 0.15) is 32.6 Å². The van der Waals surface area contributed by atoms with Crippen LogP contribution in [-0.4, -0.2) is 40.5 Å². The molecule has 1 aliphatic heterocycles. The van der Waals surface area contributed by atoms with Gasteiger partial charge in [-0.2, -0.15) is 0 Å². The monoisotopic (exact) mass is 240 g/mol. The van der Waals surface area contributed by atoms with E-state index in [9.17, 15) is 19.5 Å². The Morgan fingerprint density at radius 2 is 2.18 bits per heavy atom. The molecule has 1 aliphatic carbocycles. The molecule has 1 saturated carbocycles. The number of carbonyl (C=O) groups excluding carboxylic acids is 2. The van der Waals surface area contributed by atoms with E-state index >= 15 is 0 Å². The van der Waals surface area contributed by atoms with Crippen LogP contribution in [0.3, 0.4) is 0 Å². The van der Waals surface area contributed by atoms with Crippen molar-refractivity contribution in [3.63, 3.8) is 0 Å². The number of carboxylic acids is 1. The molecule has 2 aliphatic rings. The highest BCUT2D eigenvalue weighted by Gasteiger charge is 2.50. The second kappa shape index (κ2) is 4.01. The average molecular weight is 240 g/mol. The van der Waals surface area contributed by atoms with Crippen molar-refractivity contribution in [2.24, 2.45) is 5.41 Å². The third kappa shape index (κ3) is 1.77. The van der Waals surface area contributed by atoms with Crippen molar-refractivity contribution in [2.45, 2.75) is 38.6 Å². The lowest BCUT2D eigenvalue weighted by Gasteiger charge is -2.41. The first-order valence-electron chi connectivity index (χ1n) is 5.80. The summed E-state index contributed by atoms with van der Waals surface area (Å²) < 4.78 is 0. The largest absolute Gasteiger partial charge is 0.481 e. The molecule has 0 bridgehead atoms. The van der Waals surface area contributed by atoms with Crippen LogP contribution in [0.15, 0.2) is 0 Å². The van der Waals surface area contributed by atoms with Crippen LogP contribution in [-0.2, 0) is 9.59 Å². The minimum absolute atomic E-state index is 0.0228. The summed E-state index contributed by atoms with van der Waals surface area (Å²) in [6.07, 6.45) is 2.75. The number of urea groups is 1. The maximum atomic E-state index is 11.6. The second-order valence-electron chi connectivity index (χ2n) is 4.91. The molecule has 1 heterocycles. The maximum absolute atomic E-state index is 11.6. The summed E-state index contributed by atoms with van der Waals surface area (Å²) in [6.45, 7) is 1.60. The van der Waals surface area contributed by atoms with Crippen LogP contribution in [0.5, 0.6) is 0 Å². The fourth-order valence-corrected chi connectivity index (χ4v) is 2.73. The summed E-state index contributed by atoms with van der Waals surface area (Å²) in [5.41, 5.74) is -1.02. The van der Waals surface area contributed by atoms with Crippen LogP contribution in [0.25, 0.3) is 0 Å². The highest BCUT2D eigenvalue weighted by atomic mass is 16.4. The van der Waals surface area contributed by atoms with E-state index in [1.807, 2.05) is 0 Å². The fraction of sp³-hybridized carbons (Fsp3) is 0.727. The molecule has 2 rings (SSSR count). The molecule has 17 heavy (non-hydrogen) atoms. The molecule has 94 valence electrons. The van der Waals surface area contributed by atoms with Gasteiger partial charge in [0.2, 0.25) is 5.91 Å². The van der Waals surface area contributed by atoms with Crippen LogP contribution in [0, 0.1) is 5.41 Å². The van der Waals surface area contributed by atoms with Crippen LogP contribution >= 0.6 is 0 Å². The molecule has 0 aromatic carbocycles. The van der Waals surface area contributed by atoms with E-state index < -0.39 is 23.5 Å². The van der Waals surface area contributed by atoms with Crippen LogP contribution in [0.4, 0.5) is 4.79 Å². The van der Waals surface area contributed by atoms with Gasteiger partial charge in [0.05, 0.1) is 18.0 Å². The van der Waals surface area contributed by atoms with Gasteiger partial charge in [0.15, 0.2) is 0 Å². The van der Waals surface area contributed by atoms with E-state index in [-0.39, 0.29) is 12.5 Å². The Kier molecular flexibility index (Phi) is 2.81. The number of carboxylic acid groups (broad SMARTS) is 1. The zero-order valence-electron chi connectivity index (χ0n) is 9.73. The lowest BCUT2D eigenvalue weighted by molar-refractivity contribution is -0.155. The highest BCUT2D eigenvalue weighted by molar-refractivity contribution is 6.02. The first-order valence-corrected chi connectivity index (χ1v) is 5.80. The number of carbonyl (C=O) groups is 3. The van der Waals surface area contributed by atoms with E-state index in [2.05, 4.69) is 5.32 Å². The van der Waals surface area contributed by atoms with Gasteiger partial charge in [0.1, 0.15) is 0 Å². The van der Waals surface area contributed by atoms with Crippen molar-refractivity contribution in [2.75, 3.05) is 6.54 Å². The van der Waals surface area contributed by atoms with E-state index in [4.69, 9.17) is 0 Å². The zero-order chi connectivity index (χ0) is 12.6. The molecule has 2 fully saturated rings. The third-order valence-corrected chi connectivity index (χ3v) is 3.84. The lowest BCUT2D eigenvalue weighted by Crippen LogP contribution is -2.54. The number of rotatable bonds is 2. The number of nitrogens with one attached hydrogen (secondary N) is 1. The Balaban J connectivity index is 2.31. The molecule has 3 amide bonds. The normalized spacial score (nSPS) is 33.7. The highest BCUT2D eigenvalue weighted by Crippen LogP contribution is 2.40. The number of imide groups is 1. The minimum atomic E-state index is -1.02. The third-order valence-electron chi connectivity index (χ3n) is 3.84. The van der Waals surface area contributed by atoms with Crippen molar-refractivity contribution < 1.29 is 19.5 Å². The fourth-order valence-electron chi connectivity index (χ4n) is 2.73. The Labute approximate surface area is 99.0 Å². The summed E-state index contributed by atoms with van der Waals surface area (Å²) in [5, 5.41) is 11.8. The lowest BCUT2D eigenvalue weighted by atomic mass is 9.71. The number of aliphatic carboxylic acids is 1. The van der Waals surface area contributed by atoms with Gasteiger partial charge < -0.3 is 10.4 Å². The molecule has 0 aromatic heterocycles. The van der Waals surface area contributed by atoms with Crippen molar-refractivity contribution >= 4 is 17.9 Å². The minimum Gasteiger partial charge on any atom is -0.481 e. The predicted molar refractivity (Wildman–Crippen MR) is 58.2 cm³/mol. The van der Waals surface area contributed by atoms with Gasteiger partial charge in [-0.3, -0.25) is 14.5 Å². The molecule has 0 radical (unpaired) electrons. The molecule has 2 unspecified atom stereocenters. The molecule has 1 saturated heterocycles.